The van der Waals surface area contributed by atoms with Crippen LogP contribution < -0.4 is 5.73 Å². The van der Waals surface area contributed by atoms with E-state index in [1.54, 1.807) is 0 Å². The Balaban J connectivity index is 1.84. The summed E-state index contributed by atoms with van der Waals surface area (Å²) in [6.07, 6.45) is 1.04. The summed E-state index contributed by atoms with van der Waals surface area (Å²) in [5, 5.41) is 0. The average Bonchev–Trinajstić information content (AvgIpc) is 2.39. The lowest BCUT2D eigenvalue weighted by atomic mass is 10.1. The van der Waals surface area contributed by atoms with Gasteiger partial charge in [0, 0.05) is 18.8 Å². The van der Waals surface area contributed by atoms with E-state index in [-0.39, 0.29) is 0 Å². The van der Waals surface area contributed by atoms with Crippen molar-refractivity contribution in [1.82, 2.24) is 4.90 Å². The molecule has 19 heavy (non-hydrogen) atoms. The molecule has 0 atom stereocenters. The van der Waals surface area contributed by atoms with Crippen LogP contribution in [0, 0.1) is 6.92 Å². The number of anilines is 1. The number of rotatable bonds is 5. The van der Waals surface area contributed by atoms with Gasteiger partial charge in [-0.25, -0.2) is 0 Å². The molecule has 2 nitrogen and oxygen atoms in total. The third-order valence-corrected chi connectivity index (χ3v) is 3.31. The molecule has 2 aromatic carbocycles. The fourth-order valence-electron chi connectivity index (χ4n) is 2.15. The monoisotopic (exact) mass is 254 g/mol. The van der Waals surface area contributed by atoms with Crippen molar-refractivity contribution in [2.24, 2.45) is 0 Å². The second-order valence-corrected chi connectivity index (χ2v) is 5.22. The summed E-state index contributed by atoms with van der Waals surface area (Å²) in [5.41, 5.74) is 10.6. The van der Waals surface area contributed by atoms with E-state index in [4.69, 9.17) is 5.73 Å². The van der Waals surface area contributed by atoms with E-state index in [0.717, 1.165) is 25.2 Å². The van der Waals surface area contributed by atoms with E-state index in [1.165, 1.54) is 16.7 Å². The quantitative estimate of drug-likeness (QED) is 0.830. The van der Waals surface area contributed by atoms with Gasteiger partial charge in [-0.05, 0) is 43.7 Å². The number of nitrogen functional groups attached to an aromatic ring is 1. The maximum atomic E-state index is 5.79. The molecule has 0 saturated carbocycles. The molecule has 0 radical (unpaired) electrons. The number of hydrogen-bond acceptors (Lipinski definition) is 2. The first-order valence-corrected chi connectivity index (χ1v) is 6.72. The number of nitrogens with zero attached hydrogens (tertiary/aromatic N) is 1. The predicted molar refractivity (Wildman–Crippen MR) is 82.1 cm³/mol. The van der Waals surface area contributed by atoms with Crippen molar-refractivity contribution in [3.8, 4) is 0 Å². The maximum absolute atomic E-state index is 5.79. The highest BCUT2D eigenvalue weighted by Gasteiger charge is 2.01. The topological polar surface area (TPSA) is 29.3 Å². The lowest BCUT2D eigenvalue weighted by molar-refractivity contribution is 0.331. The Morgan fingerprint density at radius 1 is 1.00 bits per heavy atom. The molecule has 0 aliphatic heterocycles. The number of nitrogens with two attached hydrogens (primary N) is 1. The molecule has 0 spiro atoms. The molecular weight excluding hydrogens is 232 g/mol. The summed E-state index contributed by atoms with van der Waals surface area (Å²) in [6.45, 7) is 4.15. The highest BCUT2D eigenvalue weighted by molar-refractivity contribution is 5.40. The predicted octanol–water partition coefficient (Wildman–Crippen LogP) is 3.25. The first-order chi connectivity index (χ1) is 9.13. The minimum Gasteiger partial charge on any atom is -0.399 e. The van der Waals surface area contributed by atoms with Crippen LogP contribution in [0.2, 0.25) is 0 Å². The van der Waals surface area contributed by atoms with Crippen LogP contribution in [-0.4, -0.2) is 18.5 Å². The Hall–Kier alpha value is -1.80. The van der Waals surface area contributed by atoms with Crippen LogP contribution >= 0.6 is 0 Å². The number of aryl methyl sites for hydroxylation is 1. The highest BCUT2D eigenvalue weighted by atomic mass is 15.1. The van der Waals surface area contributed by atoms with Gasteiger partial charge in [0.2, 0.25) is 0 Å². The molecule has 2 aromatic rings. The van der Waals surface area contributed by atoms with Crippen molar-refractivity contribution < 1.29 is 0 Å². The van der Waals surface area contributed by atoms with Crippen molar-refractivity contribution in [2.75, 3.05) is 19.3 Å². The molecule has 0 aromatic heterocycles. The molecule has 0 fully saturated rings. The molecule has 2 rings (SSSR count). The van der Waals surface area contributed by atoms with Gasteiger partial charge < -0.3 is 10.6 Å². The molecular formula is C17H22N2. The SMILES string of the molecule is Cc1ccc(CN(C)CCc2cccc(N)c2)cc1. The average molecular weight is 254 g/mol. The molecule has 0 unspecified atom stereocenters. The minimum atomic E-state index is 0.846. The Morgan fingerprint density at radius 2 is 1.74 bits per heavy atom. The van der Waals surface area contributed by atoms with Crippen LogP contribution in [0.1, 0.15) is 16.7 Å². The molecule has 0 amide bonds. The van der Waals surface area contributed by atoms with Gasteiger partial charge in [-0.15, -0.1) is 0 Å². The second kappa shape index (κ2) is 6.39. The van der Waals surface area contributed by atoms with Crippen LogP contribution in [0.5, 0.6) is 0 Å². The van der Waals surface area contributed by atoms with E-state index < -0.39 is 0 Å². The largest absolute Gasteiger partial charge is 0.399 e. The molecule has 0 aliphatic carbocycles. The Kier molecular flexibility index (Phi) is 4.58. The fourth-order valence-corrected chi connectivity index (χ4v) is 2.15. The van der Waals surface area contributed by atoms with Gasteiger partial charge >= 0.3 is 0 Å². The smallest absolute Gasteiger partial charge is 0.0316 e. The van der Waals surface area contributed by atoms with Crippen molar-refractivity contribution in [3.63, 3.8) is 0 Å². The summed E-state index contributed by atoms with van der Waals surface area (Å²) in [4.78, 5) is 2.34. The molecule has 0 heterocycles. The van der Waals surface area contributed by atoms with Gasteiger partial charge in [0.1, 0.15) is 0 Å². The van der Waals surface area contributed by atoms with Gasteiger partial charge in [0.15, 0.2) is 0 Å². The van der Waals surface area contributed by atoms with Crippen molar-refractivity contribution in [2.45, 2.75) is 19.9 Å². The van der Waals surface area contributed by atoms with Gasteiger partial charge in [-0.1, -0.05) is 42.0 Å². The molecule has 100 valence electrons. The van der Waals surface area contributed by atoms with Crippen LogP contribution in [0.4, 0.5) is 5.69 Å². The van der Waals surface area contributed by atoms with Crippen molar-refractivity contribution in [1.29, 1.82) is 0 Å². The standard InChI is InChI=1S/C17H22N2/c1-14-6-8-16(9-7-14)13-19(2)11-10-15-4-3-5-17(18)12-15/h3-9,12H,10-11,13,18H2,1-2H3. The summed E-state index contributed by atoms with van der Waals surface area (Å²) in [5.74, 6) is 0. The number of hydrogen-bond donors (Lipinski definition) is 1. The van der Waals surface area contributed by atoms with E-state index in [1.807, 2.05) is 12.1 Å². The van der Waals surface area contributed by atoms with Crippen LogP contribution in [0.15, 0.2) is 48.5 Å². The summed E-state index contributed by atoms with van der Waals surface area (Å²) in [7, 11) is 2.16. The van der Waals surface area contributed by atoms with E-state index >= 15 is 0 Å². The van der Waals surface area contributed by atoms with E-state index in [9.17, 15) is 0 Å². The number of likely N-dealkylation sites (N-methyl/N-ethyl adjacent to an activating group) is 1. The second-order valence-electron chi connectivity index (χ2n) is 5.22. The van der Waals surface area contributed by atoms with Crippen molar-refractivity contribution in [3.05, 3.63) is 65.2 Å². The number of benzene rings is 2. The van der Waals surface area contributed by atoms with Crippen molar-refractivity contribution >= 4 is 5.69 Å². The third-order valence-electron chi connectivity index (χ3n) is 3.31. The van der Waals surface area contributed by atoms with Crippen LogP contribution in [0.25, 0.3) is 0 Å². The lowest BCUT2D eigenvalue weighted by Crippen LogP contribution is -2.20. The van der Waals surface area contributed by atoms with E-state index in [2.05, 4.69) is 55.3 Å². The van der Waals surface area contributed by atoms with Crippen LogP contribution in [0.3, 0.4) is 0 Å². The first kappa shape index (κ1) is 13.6. The Bertz CT molecular complexity index is 517. The molecule has 0 aliphatic rings. The molecule has 0 bridgehead atoms. The van der Waals surface area contributed by atoms with Gasteiger partial charge in [-0.2, -0.15) is 0 Å². The lowest BCUT2D eigenvalue weighted by Gasteiger charge is -2.17. The Morgan fingerprint density at radius 3 is 2.42 bits per heavy atom. The molecule has 2 N–H and O–H groups in total. The maximum Gasteiger partial charge on any atom is 0.0316 e. The summed E-state index contributed by atoms with van der Waals surface area (Å²) < 4.78 is 0. The molecule has 2 heteroatoms. The minimum absolute atomic E-state index is 0.846. The zero-order chi connectivity index (χ0) is 13.7. The Labute approximate surface area is 115 Å². The van der Waals surface area contributed by atoms with Crippen LogP contribution in [-0.2, 0) is 13.0 Å². The zero-order valence-corrected chi connectivity index (χ0v) is 11.8. The van der Waals surface area contributed by atoms with Gasteiger partial charge in [0.05, 0.1) is 0 Å². The normalized spacial score (nSPS) is 10.9. The van der Waals surface area contributed by atoms with Gasteiger partial charge in [-0.3, -0.25) is 0 Å². The summed E-state index contributed by atoms with van der Waals surface area (Å²) >= 11 is 0. The fraction of sp³-hybridized carbons (Fsp3) is 0.294. The zero-order valence-electron chi connectivity index (χ0n) is 11.8. The van der Waals surface area contributed by atoms with E-state index in [0.29, 0.717) is 0 Å². The molecule has 0 saturated heterocycles. The van der Waals surface area contributed by atoms with Gasteiger partial charge in [0.25, 0.3) is 0 Å². The first-order valence-electron chi connectivity index (χ1n) is 6.72. The third kappa shape index (κ3) is 4.42. The summed E-state index contributed by atoms with van der Waals surface area (Å²) in [6, 6.07) is 16.9. The highest BCUT2D eigenvalue weighted by Crippen LogP contribution is 2.09.